The summed E-state index contributed by atoms with van der Waals surface area (Å²) in [6, 6.07) is 8.40. The topological polar surface area (TPSA) is 21.3 Å². The summed E-state index contributed by atoms with van der Waals surface area (Å²) in [5.74, 6) is 0.938. The molecule has 0 spiro atoms. The van der Waals surface area contributed by atoms with Crippen molar-refractivity contribution in [2.45, 2.75) is 45.4 Å². The molecular weight excluding hydrogens is 234 g/mol. The van der Waals surface area contributed by atoms with E-state index in [0.717, 1.165) is 18.7 Å². The van der Waals surface area contributed by atoms with Crippen LogP contribution in [0.4, 0.5) is 0 Å². The lowest BCUT2D eigenvalue weighted by Gasteiger charge is -2.27. The van der Waals surface area contributed by atoms with Crippen LogP contribution < -0.4 is 10.1 Å². The molecule has 0 heterocycles. The van der Waals surface area contributed by atoms with E-state index in [-0.39, 0.29) is 0 Å². The summed E-state index contributed by atoms with van der Waals surface area (Å²) in [6.07, 6.45) is 8.10. The fraction of sp³-hybridized carbons (Fsp3) is 0.647. The summed E-state index contributed by atoms with van der Waals surface area (Å²) in [5, 5.41) is 3.66. The van der Waals surface area contributed by atoms with E-state index in [2.05, 4.69) is 24.4 Å². The fourth-order valence-electron chi connectivity index (χ4n) is 3.16. The molecule has 1 aromatic carbocycles. The molecule has 1 N–H and O–H groups in total. The highest BCUT2D eigenvalue weighted by atomic mass is 16.5. The van der Waals surface area contributed by atoms with Crippen molar-refractivity contribution in [3.63, 3.8) is 0 Å². The zero-order valence-electron chi connectivity index (χ0n) is 12.4. The van der Waals surface area contributed by atoms with Gasteiger partial charge in [-0.2, -0.15) is 0 Å². The van der Waals surface area contributed by atoms with Crippen LogP contribution in [-0.2, 0) is 6.42 Å². The van der Waals surface area contributed by atoms with Crippen molar-refractivity contribution < 1.29 is 4.74 Å². The third-order valence-electron chi connectivity index (χ3n) is 4.66. The first-order valence-corrected chi connectivity index (χ1v) is 7.62. The van der Waals surface area contributed by atoms with E-state index >= 15 is 0 Å². The first-order chi connectivity index (χ1) is 9.28. The van der Waals surface area contributed by atoms with Gasteiger partial charge in [-0.3, -0.25) is 0 Å². The SMILES string of the molecule is CCC1(CNCCc2ccc(OC)cc2)CCCC1. The molecule has 1 aliphatic rings. The molecular formula is C17H27NO. The van der Waals surface area contributed by atoms with E-state index in [1.54, 1.807) is 7.11 Å². The van der Waals surface area contributed by atoms with Crippen molar-refractivity contribution in [3.05, 3.63) is 29.8 Å². The normalized spacial score (nSPS) is 17.6. The Morgan fingerprint density at radius 1 is 1.16 bits per heavy atom. The van der Waals surface area contributed by atoms with Gasteiger partial charge in [0.05, 0.1) is 7.11 Å². The second-order valence-electron chi connectivity index (χ2n) is 5.84. The van der Waals surface area contributed by atoms with Gasteiger partial charge in [0.1, 0.15) is 5.75 Å². The molecule has 0 unspecified atom stereocenters. The Morgan fingerprint density at radius 2 is 1.84 bits per heavy atom. The number of methoxy groups -OCH3 is 1. The summed E-state index contributed by atoms with van der Waals surface area (Å²) in [6.45, 7) is 4.62. The minimum absolute atomic E-state index is 0.597. The van der Waals surface area contributed by atoms with E-state index in [1.807, 2.05) is 12.1 Å². The van der Waals surface area contributed by atoms with Crippen LogP contribution in [0.15, 0.2) is 24.3 Å². The predicted molar refractivity (Wildman–Crippen MR) is 80.8 cm³/mol. The van der Waals surface area contributed by atoms with Crippen LogP contribution >= 0.6 is 0 Å². The van der Waals surface area contributed by atoms with Crippen LogP contribution in [0.2, 0.25) is 0 Å². The average molecular weight is 261 g/mol. The van der Waals surface area contributed by atoms with E-state index in [9.17, 15) is 0 Å². The van der Waals surface area contributed by atoms with Gasteiger partial charge in [0, 0.05) is 6.54 Å². The summed E-state index contributed by atoms with van der Waals surface area (Å²) >= 11 is 0. The third-order valence-corrected chi connectivity index (χ3v) is 4.66. The van der Waals surface area contributed by atoms with Crippen LogP contribution in [-0.4, -0.2) is 20.2 Å². The van der Waals surface area contributed by atoms with E-state index in [0.29, 0.717) is 5.41 Å². The lowest BCUT2D eigenvalue weighted by Crippen LogP contribution is -2.32. The van der Waals surface area contributed by atoms with Gasteiger partial charge in [0.2, 0.25) is 0 Å². The number of rotatable bonds is 7. The van der Waals surface area contributed by atoms with Crippen molar-refractivity contribution in [1.82, 2.24) is 5.32 Å². The van der Waals surface area contributed by atoms with Crippen molar-refractivity contribution in [1.29, 1.82) is 0 Å². The molecule has 0 atom stereocenters. The first-order valence-electron chi connectivity index (χ1n) is 7.62. The molecule has 1 aromatic rings. The van der Waals surface area contributed by atoms with E-state index in [4.69, 9.17) is 4.74 Å². The summed E-state index contributed by atoms with van der Waals surface area (Å²) < 4.78 is 5.17. The maximum atomic E-state index is 5.17. The Labute approximate surface area is 117 Å². The van der Waals surface area contributed by atoms with Gasteiger partial charge in [-0.15, -0.1) is 0 Å². The maximum Gasteiger partial charge on any atom is 0.118 e. The van der Waals surface area contributed by atoms with Gasteiger partial charge in [-0.25, -0.2) is 0 Å². The Kier molecular flexibility index (Phi) is 5.26. The number of hydrogen-bond acceptors (Lipinski definition) is 2. The zero-order chi connectivity index (χ0) is 13.6. The van der Waals surface area contributed by atoms with Gasteiger partial charge in [-0.1, -0.05) is 31.9 Å². The molecule has 1 saturated carbocycles. The minimum Gasteiger partial charge on any atom is -0.497 e. The molecule has 0 amide bonds. The summed E-state index contributed by atoms with van der Waals surface area (Å²) in [4.78, 5) is 0. The van der Waals surface area contributed by atoms with Crippen LogP contribution in [0.5, 0.6) is 5.75 Å². The fourth-order valence-corrected chi connectivity index (χ4v) is 3.16. The Hall–Kier alpha value is -1.02. The molecule has 1 fully saturated rings. The highest BCUT2D eigenvalue weighted by Crippen LogP contribution is 2.40. The Morgan fingerprint density at radius 3 is 2.42 bits per heavy atom. The Bertz CT molecular complexity index is 365. The molecule has 106 valence electrons. The molecule has 1 aliphatic carbocycles. The van der Waals surface area contributed by atoms with Crippen LogP contribution in [0.3, 0.4) is 0 Å². The molecule has 19 heavy (non-hydrogen) atoms. The monoisotopic (exact) mass is 261 g/mol. The molecule has 0 aliphatic heterocycles. The molecule has 2 rings (SSSR count). The third kappa shape index (κ3) is 3.97. The number of benzene rings is 1. The second-order valence-corrected chi connectivity index (χ2v) is 5.84. The molecule has 0 radical (unpaired) electrons. The second kappa shape index (κ2) is 6.95. The van der Waals surface area contributed by atoms with Gasteiger partial charge < -0.3 is 10.1 Å². The van der Waals surface area contributed by atoms with Crippen LogP contribution in [0, 0.1) is 5.41 Å². The maximum absolute atomic E-state index is 5.17. The lowest BCUT2D eigenvalue weighted by molar-refractivity contribution is 0.270. The van der Waals surface area contributed by atoms with Gasteiger partial charge in [-0.05, 0) is 55.3 Å². The van der Waals surface area contributed by atoms with Gasteiger partial charge in [0.15, 0.2) is 0 Å². The van der Waals surface area contributed by atoms with Crippen molar-refractivity contribution in [2.75, 3.05) is 20.2 Å². The largest absolute Gasteiger partial charge is 0.497 e. The number of ether oxygens (including phenoxy) is 1. The smallest absolute Gasteiger partial charge is 0.118 e. The lowest BCUT2D eigenvalue weighted by atomic mass is 9.83. The molecule has 2 heteroatoms. The molecule has 0 aromatic heterocycles. The van der Waals surface area contributed by atoms with Crippen LogP contribution in [0.1, 0.15) is 44.6 Å². The number of hydrogen-bond donors (Lipinski definition) is 1. The number of nitrogens with one attached hydrogen (secondary N) is 1. The molecule has 2 nitrogen and oxygen atoms in total. The quantitative estimate of drug-likeness (QED) is 0.754. The zero-order valence-corrected chi connectivity index (χ0v) is 12.4. The minimum atomic E-state index is 0.597. The predicted octanol–water partition coefficient (Wildman–Crippen LogP) is 3.80. The summed E-state index contributed by atoms with van der Waals surface area (Å²) in [7, 11) is 1.71. The van der Waals surface area contributed by atoms with Gasteiger partial charge in [0.25, 0.3) is 0 Å². The first kappa shape index (κ1) is 14.4. The van der Waals surface area contributed by atoms with Gasteiger partial charge >= 0.3 is 0 Å². The van der Waals surface area contributed by atoms with Crippen molar-refractivity contribution in [2.24, 2.45) is 5.41 Å². The highest BCUT2D eigenvalue weighted by molar-refractivity contribution is 5.27. The van der Waals surface area contributed by atoms with Crippen molar-refractivity contribution >= 4 is 0 Å². The average Bonchev–Trinajstić information content (AvgIpc) is 2.94. The summed E-state index contributed by atoms with van der Waals surface area (Å²) in [5.41, 5.74) is 1.98. The highest BCUT2D eigenvalue weighted by Gasteiger charge is 2.31. The molecule has 0 saturated heterocycles. The molecule has 0 bridgehead atoms. The van der Waals surface area contributed by atoms with E-state index in [1.165, 1.54) is 44.2 Å². The Balaban J connectivity index is 1.71. The van der Waals surface area contributed by atoms with Crippen molar-refractivity contribution in [3.8, 4) is 5.75 Å². The standard InChI is InChI=1S/C17H27NO/c1-3-17(11-4-5-12-17)14-18-13-10-15-6-8-16(19-2)9-7-15/h6-9,18H,3-5,10-14H2,1-2H3. The van der Waals surface area contributed by atoms with E-state index < -0.39 is 0 Å². The van der Waals surface area contributed by atoms with Crippen LogP contribution in [0.25, 0.3) is 0 Å².